The van der Waals surface area contributed by atoms with Crippen LogP contribution in [0.2, 0.25) is 0 Å². The van der Waals surface area contributed by atoms with Gasteiger partial charge in [-0.3, -0.25) is 0 Å². The number of hydrogen-bond donors (Lipinski definition) is 1. The molecule has 1 aromatic rings. The smallest absolute Gasteiger partial charge is 0.339 e. The molecule has 0 radical (unpaired) electrons. The predicted octanol–water partition coefficient (Wildman–Crippen LogP) is 3.69. The second-order valence-corrected chi connectivity index (χ2v) is 4.55. The third kappa shape index (κ3) is 3.87. The van der Waals surface area contributed by atoms with E-state index in [1.54, 1.807) is 18.2 Å². The summed E-state index contributed by atoms with van der Waals surface area (Å²) in [4.78, 5) is 12.2. The first kappa shape index (κ1) is 12.6. The molecule has 0 aliphatic heterocycles. The molecule has 0 aromatic heterocycles. The molecule has 15 heavy (non-hydrogen) atoms. The van der Waals surface area contributed by atoms with Crippen molar-refractivity contribution >= 4 is 34.5 Å². The lowest BCUT2D eigenvalue weighted by molar-refractivity contribution is 0.0496. The number of hydrogen-bond acceptors (Lipinski definition) is 3. The molecule has 0 saturated carbocycles. The zero-order valence-corrected chi connectivity index (χ0v) is 11.0. The molecule has 0 N–H and O–H groups in total. The number of carbonyl (C=O) groups is 1. The Balaban J connectivity index is 2.65. The Morgan fingerprint density at radius 3 is 2.87 bits per heavy atom. The third-order valence-corrected chi connectivity index (χ3v) is 2.77. The highest BCUT2D eigenvalue weighted by Crippen LogP contribution is 2.20. The minimum Gasteiger partial charge on any atom is -0.462 e. The van der Waals surface area contributed by atoms with E-state index in [0.717, 1.165) is 17.3 Å². The molecule has 0 bridgehead atoms. The second-order valence-electron chi connectivity index (χ2n) is 3.15. The van der Waals surface area contributed by atoms with Gasteiger partial charge in [-0.15, -0.1) is 12.6 Å². The molecule has 0 aliphatic rings. The average Bonchev–Trinajstić information content (AvgIpc) is 2.17. The molecule has 0 fully saturated rings. The monoisotopic (exact) mass is 288 g/mol. The Morgan fingerprint density at radius 1 is 1.53 bits per heavy atom. The van der Waals surface area contributed by atoms with Crippen LogP contribution in [-0.2, 0) is 4.74 Å². The van der Waals surface area contributed by atoms with Crippen LogP contribution in [0.1, 0.15) is 30.1 Å². The van der Waals surface area contributed by atoms with Gasteiger partial charge in [-0.25, -0.2) is 4.79 Å². The highest BCUT2D eigenvalue weighted by Gasteiger charge is 2.10. The summed E-state index contributed by atoms with van der Waals surface area (Å²) < 4.78 is 5.99. The van der Waals surface area contributed by atoms with Crippen LogP contribution in [0.3, 0.4) is 0 Å². The van der Waals surface area contributed by atoms with Crippen molar-refractivity contribution in [3.8, 4) is 0 Å². The van der Waals surface area contributed by atoms with Gasteiger partial charge in [0.1, 0.15) is 0 Å². The van der Waals surface area contributed by atoms with E-state index < -0.39 is 0 Å². The fourth-order valence-corrected chi connectivity index (χ4v) is 1.91. The second kappa shape index (κ2) is 6.18. The minimum atomic E-state index is -0.305. The first-order valence-electron chi connectivity index (χ1n) is 4.80. The van der Waals surface area contributed by atoms with Gasteiger partial charge in [0.05, 0.1) is 12.2 Å². The van der Waals surface area contributed by atoms with Crippen LogP contribution in [0.15, 0.2) is 27.6 Å². The standard InChI is InChI=1S/C11H13BrO2S/c1-2-3-6-14-11(13)9-5-4-8(12)7-10(9)15/h4-5,7,15H,2-3,6H2,1H3. The van der Waals surface area contributed by atoms with Crippen molar-refractivity contribution in [2.45, 2.75) is 24.7 Å². The van der Waals surface area contributed by atoms with Crippen molar-refractivity contribution in [1.82, 2.24) is 0 Å². The first-order valence-corrected chi connectivity index (χ1v) is 6.04. The van der Waals surface area contributed by atoms with Crippen molar-refractivity contribution < 1.29 is 9.53 Å². The van der Waals surface area contributed by atoms with E-state index in [0.29, 0.717) is 17.1 Å². The van der Waals surface area contributed by atoms with E-state index in [1.807, 2.05) is 0 Å². The molecular formula is C11H13BrO2S. The SMILES string of the molecule is CCCCOC(=O)c1ccc(Br)cc1S. The molecule has 4 heteroatoms. The molecule has 82 valence electrons. The van der Waals surface area contributed by atoms with Crippen LogP contribution >= 0.6 is 28.6 Å². The van der Waals surface area contributed by atoms with E-state index >= 15 is 0 Å². The fraction of sp³-hybridized carbons (Fsp3) is 0.364. The highest BCUT2D eigenvalue weighted by molar-refractivity contribution is 9.10. The summed E-state index contributed by atoms with van der Waals surface area (Å²) in [5, 5.41) is 0. The summed E-state index contributed by atoms with van der Waals surface area (Å²) in [6.45, 7) is 2.52. The number of ether oxygens (including phenoxy) is 1. The van der Waals surface area contributed by atoms with E-state index in [1.165, 1.54) is 0 Å². The van der Waals surface area contributed by atoms with Crippen LogP contribution in [0.25, 0.3) is 0 Å². The van der Waals surface area contributed by atoms with Crippen molar-refractivity contribution in [3.63, 3.8) is 0 Å². The van der Waals surface area contributed by atoms with Crippen molar-refractivity contribution in [1.29, 1.82) is 0 Å². The molecule has 0 spiro atoms. The fourth-order valence-electron chi connectivity index (χ4n) is 1.06. The topological polar surface area (TPSA) is 26.3 Å². The van der Waals surface area contributed by atoms with Gasteiger partial charge in [0.2, 0.25) is 0 Å². The maximum Gasteiger partial charge on any atom is 0.339 e. The predicted molar refractivity (Wildman–Crippen MR) is 66.6 cm³/mol. The summed E-state index contributed by atoms with van der Waals surface area (Å²) in [5.74, 6) is -0.305. The molecule has 1 aromatic carbocycles. The molecule has 0 aliphatic carbocycles. The Morgan fingerprint density at radius 2 is 2.27 bits per heavy atom. The Hall–Kier alpha value is -0.480. The van der Waals surface area contributed by atoms with Crippen LogP contribution in [0.4, 0.5) is 0 Å². The maximum atomic E-state index is 11.6. The quantitative estimate of drug-likeness (QED) is 0.520. The van der Waals surface area contributed by atoms with Gasteiger partial charge < -0.3 is 4.74 Å². The number of esters is 1. The number of carbonyl (C=O) groups excluding carboxylic acids is 1. The molecular weight excluding hydrogens is 276 g/mol. The number of benzene rings is 1. The number of thiol groups is 1. The molecule has 0 atom stereocenters. The minimum absolute atomic E-state index is 0.305. The summed E-state index contributed by atoms with van der Waals surface area (Å²) in [6.07, 6.45) is 1.91. The Bertz CT molecular complexity index is 352. The van der Waals surface area contributed by atoms with E-state index in [4.69, 9.17) is 4.74 Å². The zero-order chi connectivity index (χ0) is 11.3. The lowest BCUT2D eigenvalue weighted by Gasteiger charge is -2.06. The highest BCUT2D eigenvalue weighted by atomic mass is 79.9. The number of halogens is 1. The van der Waals surface area contributed by atoms with Crippen LogP contribution in [0, 0.1) is 0 Å². The third-order valence-electron chi connectivity index (χ3n) is 1.91. The number of unbranched alkanes of at least 4 members (excludes halogenated alkanes) is 1. The largest absolute Gasteiger partial charge is 0.462 e. The molecule has 0 unspecified atom stereocenters. The van der Waals surface area contributed by atoms with E-state index in [-0.39, 0.29) is 5.97 Å². The van der Waals surface area contributed by atoms with E-state index in [9.17, 15) is 4.79 Å². The molecule has 1 rings (SSSR count). The lowest BCUT2D eigenvalue weighted by Crippen LogP contribution is -2.07. The average molecular weight is 289 g/mol. The summed E-state index contributed by atoms with van der Waals surface area (Å²) in [7, 11) is 0. The summed E-state index contributed by atoms with van der Waals surface area (Å²) in [6, 6.07) is 5.29. The van der Waals surface area contributed by atoms with Gasteiger partial charge in [0.15, 0.2) is 0 Å². The molecule has 2 nitrogen and oxygen atoms in total. The molecule has 0 heterocycles. The Kier molecular flexibility index (Phi) is 5.19. The Labute approximate surface area is 104 Å². The van der Waals surface area contributed by atoms with Gasteiger partial charge in [-0.2, -0.15) is 0 Å². The van der Waals surface area contributed by atoms with Gasteiger partial charge >= 0.3 is 5.97 Å². The van der Waals surface area contributed by atoms with Crippen LogP contribution < -0.4 is 0 Å². The first-order chi connectivity index (χ1) is 7.15. The van der Waals surface area contributed by atoms with Gasteiger partial charge in [-0.05, 0) is 24.6 Å². The maximum absolute atomic E-state index is 11.6. The van der Waals surface area contributed by atoms with Gasteiger partial charge in [0.25, 0.3) is 0 Å². The van der Waals surface area contributed by atoms with Crippen LogP contribution in [-0.4, -0.2) is 12.6 Å². The zero-order valence-electron chi connectivity index (χ0n) is 8.50. The van der Waals surface area contributed by atoms with Crippen molar-refractivity contribution in [2.75, 3.05) is 6.61 Å². The van der Waals surface area contributed by atoms with Crippen molar-refractivity contribution in [3.05, 3.63) is 28.2 Å². The summed E-state index contributed by atoms with van der Waals surface area (Å²) in [5.41, 5.74) is 0.512. The van der Waals surface area contributed by atoms with E-state index in [2.05, 4.69) is 35.5 Å². The molecule has 0 saturated heterocycles. The van der Waals surface area contributed by atoms with Crippen molar-refractivity contribution in [2.24, 2.45) is 0 Å². The lowest BCUT2D eigenvalue weighted by atomic mass is 10.2. The normalized spacial score (nSPS) is 10.1. The summed E-state index contributed by atoms with van der Waals surface area (Å²) >= 11 is 7.53. The van der Waals surface area contributed by atoms with Gasteiger partial charge in [-0.1, -0.05) is 29.3 Å². The number of rotatable bonds is 4. The van der Waals surface area contributed by atoms with Gasteiger partial charge in [0, 0.05) is 9.37 Å². The molecule has 0 amide bonds. The van der Waals surface area contributed by atoms with Crippen LogP contribution in [0.5, 0.6) is 0 Å².